The summed E-state index contributed by atoms with van der Waals surface area (Å²) in [4.78, 5) is 13.8. The zero-order chi connectivity index (χ0) is 23.9. The van der Waals surface area contributed by atoms with Gasteiger partial charge >= 0.3 is 0 Å². The number of rotatable bonds is 2. The predicted octanol–water partition coefficient (Wildman–Crippen LogP) is 5.28. The van der Waals surface area contributed by atoms with Crippen molar-refractivity contribution in [1.82, 2.24) is 4.90 Å². The molecule has 2 aromatic carbocycles. The Balaban J connectivity index is 1.99. The van der Waals surface area contributed by atoms with Crippen molar-refractivity contribution in [2.45, 2.75) is 12.8 Å². The van der Waals surface area contributed by atoms with Crippen LogP contribution in [-0.4, -0.2) is 23.9 Å². The molecule has 5 nitrogen and oxygen atoms in total. The van der Waals surface area contributed by atoms with Gasteiger partial charge in [-0.25, -0.2) is 8.78 Å². The summed E-state index contributed by atoms with van der Waals surface area (Å²) < 4.78 is 35.3. The third-order valence-corrected chi connectivity index (χ3v) is 6.25. The van der Waals surface area contributed by atoms with Gasteiger partial charge in [0.05, 0.1) is 10.9 Å². The molecule has 2 heterocycles. The summed E-state index contributed by atoms with van der Waals surface area (Å²) in [5, 5.41) is 10.1. The van der Waals surface area contributed by atoms with Crippen molar-refractivity contribution in [2.75, 3.05) is 13.1 Å². The summed E-state index contributed by atoms with van der Waals surface area (Å²) >= 11 is 12.5. The number of hydrogen-bond donors (Lipinski definition) is 1. The average Bonchev–Trinajstić information content (AvgIpc) is 2.76. The van der Waals surface area contributed by atoms with E-state index in [0.29, 0.717) is 11.1 Å². The molecule has 9 heteroatoms. The molecule has 1 unspecified atom stereocenters. The first kappa shape index (κ1) is 22.8. The number of ether oxygens (including phenoxy) is 1. The van der Waals surface area contributed by atoms with Crippen LogP contribution >= 0.6 is 23.2 Å². The molecule has 0 spiro atoms. The van der Waals surface area contributed by atoms with E-state index in [2.05, 4.69) is 0 Å². The number of benzene rings is 2. The molecule has 2 aromatic rings. The van der Waals surface area contributed by atoms with Crippen molar-refractivity contribution in [1.29, 1.82) is 5.26 Å². The van der Waals surface area contributed by atoms with Crippen LogP contribution in [0.5, 0.6) is 0 Å². The molecule has 2 aliphatic heterocycles. The Labute approximate surface area is 198 Å². The summed E-state index contributed by atoms with van der Waals surface area (Å²) in [6.07, 6.45) is 1.47. The van der Waals surface area contributed by atoms with E-state index >= 15 is 0 Å². The Morgan fingerprint density at radius 2 is 1.85 bits per heavy atom. The Bertz CT molecular complexity index is 1270. The molecule has 0 aromatic heterocycles. The third-order valence-electron chi connectivity index (χ3n) is 5.59. The van der Waals surface area contributed by atoms with Crippen LogP contribution in [0, 0.1) is 23.0 Å². The molecule has 168 valence electrons. The Kier molecular flexibility index (Phi) is 6.15. The minimum Gasteiger partial charge on any atom is -0.440 e. The quantitative estimate of drug-likeness (QED) is 0.624. The van der Waals surface area contributed by atoms with Crippen LogP contribution in [0.4, 0.5) is 8.78 Å². The lowest BCUT2D eigenvalue weighted by molar-refractivity contribution is -0.128. The predicted molar refractivity (Wildman–Crippen MR) is 121 cm³/mol. The van der Waals surface area contributed by atoms with Crippen LogP contribution < -0.4 is 5.73 Å². The minimum absolute atomic E-state index is 0.0329. The smallest absolute Gasteiger partial charge is 0.220 e. The number of amides is 1. The molecule has 33 heavy (non-hydrogen) atoms. The first-order valence-electron chi connectivity index (χ1n) is 9.88. The number of allylic oxidation sites excluding steroid dienone is 1. The molecule has 0 saturated heterocycles. The molecule has 1 atom stereocenters. The normalized spacial score (nSPS) is 19.3. The lowest BCUT2D eigenvalue weighted by Gasteiger charge is -2.38. The van der Waals surface area contributed by atoms with Crippen molar-refractivity contribution in [3.8, 4) is 6.07 Å². The van der Waals surface area contributed by atoms with Gasteiger partial charge in [0.15, 0.2) is 0 Å². The lowest BCUT2D eigenvalue weighted by Crippen LogP contribution is -2.40. The number of nitrogens with two attached hydrogens (primary N) is 1. The van der Waals surface area contributed by atoms with E-state index in [9.17, 15) is 18.8 Å². The molecule has 0 bridgehead atoms. The Morgan fingerprint density at radius 3 is 2.45 bits per heavy atom. The van der Waals surface area contributed by atoms with E-state index in [-0.39, 0.29) is 57.4 Å². The molecular weight excluding hydrogens is 471 g/mol. The van der Waals surface area contributed by atoms with Crippen LogP contribution in [0.3, 0.4) is 0 Å². The third kappa shape index (κ3) is 4.08. The molecule has 2 N–H and O–H groups in total. The zero-order valence-electron chi connectivity index (χ0n) is 17.3. The van der Waals surface area contributed by atoms with E-state index in [4.69, 9.17) is 33.7 Å². The number of hydrogen-bond acceptors (Lipinski definition) is 4. The van der Waals surface area contributed by atoms with Gasteiger partial charge in [-0.3, -0.25) is 4.79 Å². The summed E-state index contributed by atoms with van der Waals surface area (Å²) in [5.41, 5.74) is 6.98. The summed E-state index contributed by atoms with van der Waals surface area (Å²) in [6, 6.07) is 10.4. The van der Waals surface area contributed by atoms with Crippen LogP contribution in [0.15, 0.2) is 64.8 Å². The second-order valence-electron chi connectivity index (χ2n) is 7.59. The highest BCUT2D eigenvalue weighted by molar-refractivity contribution is 6.32. The second-order valence-corrected chi connectivity index (χ2v) is 8.41. The van der Waals surface area contributed by atoms with Crippen LogP contribution in [0.25, 0.3) is 6.08 Å². The highest BCUT2D eigenvalue weighted by atomic mass is 35.5. The number of nitriles is 1. The van der Waals surface area contributed by atoms with E-state index in [1.807, 2.05) is 6.07 Å². The van der Waals surface area contributed by atoms with Gasteiger partial charge in [0.25, 0.3) is 0 Å². The number of carbonyl (C=O) groups is 1. The zero-order valence-corrected chi connectivity index (χ0v) is 18.8. The van der Waals surface area contributed by atoms with Gasteiger partial charge in [-0.2, -0.15) is 5.26 Å². The first-order chi connectivity index (χ1) is 15.7. The fraction of sp³-hybridized carbons (Fsp3) is 0.167. The van der Waals surface area contributed by atoms with Crippen LogP contribution in [0.1, 0.15) is 24.0 Å². The maximum Gasteiger partial charge on any atom is 0.220 e. The standard InChI is InChI=1S/C24H17Cl2F2N3O2/c1-12(32)31-10-13(8-14-17(25)4-2-6-19(14)27)23-16(11-31)21(15(9-29)24(30)33-23)22-18(26)5-3-7-20(22)28/h2-8,21H,10-11,30H2,1H3/b13-8+. The Hall–Kier alpha value is -3.34. The molecule has 1 amide bonds. The van der Waals surface area contributed by atoms with Crippen molar-refractivity contribution in [3.05, 3.63) is 97.6 Å². The second kappa shape index (κ2) is 8.89. The molecule has 0 aliphatic carbocycles. The highest BCUT2D eigenvalue weighted by Crippen LogP contribution is 2.46. The number of carbonyl (C=O) groups excluding carboxylic acids is 1. The van der Waals surface area contributed by atoms with E-state index in [0.717, 1.165) is 0 Å². The Morgan fingerprint density at radius 1 is 1.18 bits per heavy atom. The van der Waals surface area contributed by atoms with E-state index in [1.165, 1.54) is 54.3 Å². The van der Waals surface area contributed by atoms with Crippen molar-refractivity contribution in [3.63, 3.8) is 0 Å². The monoisotopic (exact) mass is 487 g/mol. The van der Waals surface area contributed by atoms with Gasteiger partial charge in [0.1, 0.15) is 29.0 Å². The maximum atomic E-state index is 15.0. The van der Waals surface area contributed by atoms with E-state index < -0.39 is 17.6 Å². The largest absolute Gasteiger partial charge is 0.440 e. The average molecular weight is 488 g/mol. The van der Waals surface area contributed by atoms with Crippen LogP contribution in [-0.2, 0) is 9.53 Å². The fourth-order valence-electron chi connectivity index (χ4n) is 4.03. The minimum atomic E-state index is -0.992. The summed E-state index contributed by atoms with van der Waals surface area (Å²) in [7, 11) is 0. The maximum absolute atomic E-state index is 15.0. The number of nitrogens with zero attached hydrogens (tertiary/aromatic N) is 2. The van der Waals surface area contributed by atoms with Gasteiger partial charge in [-0.05, 0) is 30.3 Å². The highest BCUT2D eigenvalue weighted by Gasteiger charge is 2.40. The SMILES string of the molecule is CC(=O)N1CC2=C(OC(N)=C(C#N)C2c2c(F)cccc2Cl)/C(=C/c2c(F)cccc2Cl)C1. The fourth-order valence-corrected chi connectivity index (χ4v) is 4.52. The lowest BCUT2D eigenvalue weighted by atomic mass is 9.80. The topological polar surface area (TPSA) is 79.3 Å². The number of halogens is 4. The van der Waals surface area contributed by atoms with Gasteiger partial charge in [-0.1, -0.05) is 35.3 Å². The molecule has 4 rings (SSSR count). The molecule has 2 aliphatic rings. The van der Waals surface area contributed by atoms with Crippen molar-refractivity contribution >= 4 is 35.2 Å². The van der Waals surface area contributed by atoms with Gasteiger partial charge in [-0.15, -0.1) is 0 Å². The summed E-state index contributed by atoms with van der Waals surface area (Å²) in [5.74, 6) is -2.46. The van der Waals surface area contributed by atoms with E-state index in [1.54, 1.807) is 0 Å². The first-order valence-corrected chi connectivity index (χ1v) is 10.6. The van der Waals surface area contributed by atoms with Crippen LogP contribution in [0.2, 0.25) is 10.0 Å². The molecule has 0 saturated carbocycles. The van der Waals surface area contributed by atoms with Gasteiger partial charge < -0.3 is 15.4 Å². The molecule has 0 radical (unpaired) electrons. The molecule has 0 fully saturated rings. The summed E-state index contributed by atoms with van der Waals surface area (Å²) in [6.45, 7) is 1.50. The van der Waals surface area contributed by atoms with Crippen molar-refractivity contribution < 1.29 is 18.3 Å². The molecular formula is C24H17Cl2F2N3O2. The van der Waals surface area contributed by atoms with Crippen molar-refractivity contribution in [2.24, 2.45) is 5.73 Å². The van der Waals surface area contributed by atoms with Gasteiger partial charge in [0.2, 0.25) is 11.8 Å². The van der Waals surface area contributed by atoms with Gasteiger partial charge in [0, 0.05) is 47.3 Å².